The van der Waals surface area contributed by atoms with Crippen LogP contribution < -0.4 is 10.2 Å². The lowest BCUT2D eigenvalue weighted by atomic mass is 10.1. The lowest BCUT2D eigenvalue weighted by Crippen LogP contribution is -2.29. The number of methoxy groups -OCH3 is 1. The van der Waals surface area contributed by atoms with Crippen LogP contribution in [0.1, 0.15) is 17.5 Å². The predicted molar refractivity (Wildman–Crippen MR) is 71.9 cm³/mol. The van der Waals surface area contributed by atoms with Crippen LogP contribution in [0.2, 0.25) is 0 Å². The van der Waals surface area contributed by atoms with Crippen LogP contribution in [-0.4, -0.2) is 32.6 Å². The molecule has 0 aromatic heterocycles. The normalized spacial score (nSPS) is 13.6. The summed E-state index contributed by atoms with van der Waals surface area (Å²) in [6.07, 6.45) is 0.633. The van der Waals surface area contributed by atoms with Crippen molar-refractivity contribution in [2.24, 2.45) is 0 Å². The fraction of sp³-hybridized carbons (Fsp3) is 0.429. The number of hydrogen-bond donors (Lipinski definition) is 1. The van der Waals surface area contributed by atoms with Crippen molar-refractivity contribution in [2.75, 3.05) is 25.6 Å². The van der Waals surface area contributed by atoms with E-state index in [0.717, 1.165) is 23.4 Å². The van der Waals surface area contributed by atoms with Gasteiger partial charge in [0.15, 0.2) is 0 Å². The summed E-state index contributed by atoms with van der Waals surface area (Å²) in [4.78, 5) is 24.8. The number of amides is 1. The van der Waals surface area contributed by atoms with Crippen LogP contribution in [0.25, 0.3) is 0 Å². The van der Waals surface area contributed by atoms with E-state index in [0.29, 0.717) is 13.0 Å². The van der Waals surface area contributed by atoms with E-state index in [1.54, 1.807) is 4.90 Å². The molecule has 1 aliphatic rings. The molecule has 1 aromatic carbocycles. The third-order valence-electron chi connectivity index (χ3n) is 3.23. The number of esters is 1. The van der Waals surface area contributed by atoms with Gasteiger partial charge in [-0.1, -0.05) is 12.1 Å². The zero-order chi connectivity index (χ0) is 13.8. The van der Waals surface area contributed by atoms with Crippen molar-refractivity contribution >= 4 is 17.6 Å². The number of rotatable bonds is 5. The Kier molecular flexibility index (Phi) is 4.16. The summed E-state index contributed by atoms with van der Waals surface area (Å²) < 4.78 is 4.60. The lowest BCUT2D eigenvalue weighted by molar-refractivity contribution is -0.140. The Morgan fingerprint density at radius 2 is 2.26 bits per heavy atom. The highest BCUT2D eigenvalue weighted by molar-refractivity contribution is 6.01. The van der Waals surface area contributed by atoms with E-state index in [9.17, 15) is 9.59 Å². The minimum atomic E-state index is -0.298. The summed E-state index contributed by atoms with van der Waals surface area (Å²) >= 11 is 0. The number of ether oxygens (including phenoxy) is 1. The molecule has 2 rings (SSSR count). The fourth-order valence-corrected chi connectivity index (χ4v) is 2.30. The number of anilines is 1. The number of carbonyl (C=O) groups excluding carboxylic acids is 2. The van der Waals surface area contributed by atoms with Crippen molar-refractivity contribution in [3.05, 3.63) is 29.3 Å². The SMILES string of the molecule is CNCc1ccc2c(c1)CC(=O)N2CCC(=O)OC. The molecule has 0 saturated heterocycles. The van der Waals surface area contributed by atoms with Crippen molar-refractivity contribution in [3.8, 4) is 0 Å². The van der Waals surface area contributed by atoms with Gasteiger partial charge in [0.05, 0.1) is 20.0 Å². The van der Waals surface area contributed by atoms with E-state index in [-0.39, 0.29) is 18.3 Å². The molecular formula is C14H18N2O3. The number of nitrogens with zero attached hydrogens (tertiary/aromatic N) is 1. The highest BCUT2D eigenvalue weighted by atomic mass is 16.5. The summed E-state index contributed by atoms with van der Waals surface area (Å²) in [6.45, 7) is 1.16. The van der Waals surface area contributed by atoms with Crippen LogP contribution in [0, 0.1) is 0 Å². The first-order chi connectivity index (χ1) is 9.15. The summed E-state index contributed by atoms with van der Waals surface area (Å²) in [5, 5.41) is 3.09. The van der Waals surface area contributed by atoms with Gasteiger partial charge in [-0.2, -0.15) is 0 Å². The van der Waals surface area contributed by atoms with Crippen LogP contribution in [0.5, 0.6) is 0 Å². The first-order valence-electron chi connectivity index (χ1n) is 6.29. The van der Waals surface area contributed by atoms with Gasteiger partial charge < -0.3 is 15.0 Å². The summed E-state index contributed by atoms with van der Waals surface area (Å²) in [7, 11) is 3.24. The fourth-order valence-electron chi connectivity index (χ4n) is 2.30. The molecule has 0 unspecified atom stereocenters. The van der Waals surface area contributed by atoms with Crippen molar-refractivity contribution in [2.45, 2.75) is 19.4 Å². The molecule has 0 atom stereocenters. The smallest absolute Gasteiger partial charge is 0.307 e. The quantitative estimate of drug-likeness (QED) is 0.800. The minimum Gasteiger partial charge on any atom is -0.469 e. The van der Waals surface area contributed by atoms with E-state index in [1.165, 1.54) is 7.11 Å². The molecule has 1 amide bonds. The summed E-state index contributed by atoms with van der Waals surface area (Å²) in [5.74, 6) is -0.256. The monoisotopic (exact) mass is 262 g/mol. The molecule has 1 aliphatic heterocycles. The molecule has 1 N–H and O–H groups in total. The average molecular weight is 262 g/mol. The van der Waals surface area contributed by atoms with Crippen molar-refractivity contribution < 1.29 is 14.3 Å². The molecule has 0 bridgehead atoms. The second-order valence-electron chi connectivity index (χ2n) is 4.54. The first-order valence-corrected chi connectivity index (χ1v) is 6.29. The number of carbonyl (C=O) groups is 2. The molecule has 19 heavy (non-hydrogen) atoms. The number of fused-ring (bicyclic) bond motifs is 1. The van der Waals surface area contributed by atoms with Crippen LogP contribution in [-0.2, 0) is 27.3 Å². The van der Waals surface area contributed by atoms with Crippen LogP contribution in [0.15, 0.2) is 18.2 Å². The van der Waals surface area contributed by atoms with Crippen molar-refractivity contribution in [1.29, 1.82) is 0 Å². The Morgan fingerprint density at radius 3 is 2.95 bits per heavy atom. The van der Waals surface area contributed by atoms with Gasteiger partial charge >= 0.3 is 5.97 Å². The van der Waals surface area contributed by atoms with Crippen molar-refractivity contribution in [1.82, 2.24) is 5.32 Å². The number of hydrogen-bond acceptors (Lipinski definition) is 4. The second-order valence-corrected chi connectivity index (χ2v) is 4.54. The number of benzene rings is 1. The second kappa shape index (κ2) is 5.84. The Bertz CT molecular complexity index is 499. The standard InChI is InChI=1S/C14H18N2O3/c1-15-9-10-3-4-12-11(7-10)8-13(17)16(12)6-5-14(18)19-2/h3-4,7,15H,5-6,8-9H2,1-2H3. The summed E-state index contributed by atoms with van der Waals surface area (Å²) in [5.41, 5.74) is 3.10. The van der Waals surface area contributed by atoms with Gasteiger partial charge in [0.2, 0.25) is 5.91 Å². The van der Waals surface area contributed by atoms with Crippen LogP contribution in [0.3, 0.4) is 0 Å². The third-order valence-corrected chi connectivity index (χ3v) is 3.23. The third kappa shape index (κ3) is 2.93. The predicted octanol–water partition coefficient (Wildman–Crippen LogP) is 0.858. The molecule has 5 nitrogen and oxygen atoms in total. The zero-order valence-corrected chi connectivity index (χ0v) is 11.2. The van der Waals surface area contributed by atoms with Gasteiger partial charge in [-0.25, -0.2) is 0 Å². The van der Waals surface area contributed by atoms with Gasteiger partial charge in [0.1, 0.15) is 0 Å². The Morgan fingerprint density at radius 1 is 1.47 bits per heavy atom. The molecule has 0 spiro atoms. The van der Waals surface area contributed by atoms with Crippen LogP contribution in [0.4, 0.5) is 5.69 Å². The molecule has 0 aliphatic carbocycles. The molecule has 1 aromatic rings. The maximum atomic E-state index is 12.0. The maximum Gasteiger partial charge on any atom is 0.307 e. The maximum absolute atomic E-state index is 12.0. The molecule has 0 radical (unpaired) electrons. The highest BCUT2D eigenvalue weighted by Crippen LogP contribution is 2.29. The van der Waals surface area contributed by atoms with E-state index in [4.69, 9.17) is 0 Å². The Labute approximate surface area is 112 Å². The lowest BCUT2D eigenvalue weighted by Gasteiger charge is -2.16. The zero-order valence-electron chi connectivity index (χ0n) is 11.2. The van der Waals surface area contributed by atoms with E-state index in [1.807, 2.05) is 25.2 Å². The summed E-state index contributed by atoms with van der Waals surface area (Å²) in [6, 6.07) is 5.99. The van der Waals surface area contributed by atoms with Gasteiger partial charge in [-0.05, 0) is 24.2 Å². The van der Waals surface area contributed by atoms with Gasteiger partial charge in [-0.3, -0.25) is 9.59 Å². The van der Waals surface area contributed by atoms with E-state index >= 15 is 0 Å². The topological polar surface area (TPSA) is 58.6 Å². The number of nitrogens with one attached hydrogen (secondary N) is 1. The van der Waals surface area contributed by atoms with E-state index in [2.05, 4.69) is 10.1 Å². The molecule has 0 saturated carbocycles. The molecule has 102 valence electrons. The Balaban J connectivity index is 2.13. The van der Waals surface area contributed by atoms with Gasteiger partial charge in [0, 0.05) is 18.8 Å². The molecule has 5 heteroatoms. The van der Waals surface area contributed by atoms with E-state index < -0.39 is 0 Å². The first kappa shape index (κ1) is 13.5. The largest absolute Gasteiger partial charge is 0.469 e. The van der Waals surface area contributed by atoms with Gasteiger partial charge in [-0.15, -0.1) is 0 Å². The van der Waals surface area contributed by atoms with Crippen LogP contribution >= 0.6 is 0 Å². The average Bonchev–Trinajstić information content (AvgIpc) is 2.71. The molecular weight excluding hydrogens is 244 g/mol. The van der Waals surface area contributed by atoms with Crippen molar-refractivity contribution in [3.63, 3.8) is 0 Å². The van der Waals surface area contributed by atoms with Gasteiger partial charge in [0.25, 0.3) is 0 Å². The highest BCUT2D eigenvalue weighted by Gasteiger charge is 2.27. The minimum absolute atomic E-state index is 0.0421. The Hall–Kier alpha value is -1.88. The molecule has 1 heterocycles. The molecule has 0 fully saturated rings.